The Balaban J connectivity index is 1.76. The topological polar surface area (TPSA) is 87.7 Å². The van der Waals surface area contributed by atoms with Crippen molar-refractivity contribution in [2.24, 2.45) is 5.10 Å². The fourth-order valence-corrected chi connectivity index (χ4v) is 1.69. The number of aromatic nitrogens is 4. The van der Waals surface area contributed by atoms with Crippen LogP contribution in [0.5, 0.6) is 5.75 Å². The number of hydrogen-bond acceptors (Lipinski definition) is 6. The van der Waals surface area contributed by atoms with Crippen molar-refractivity contribution in [1.29, 1.82) is 0 Å². The molecule has 7 nitrogen and oxygen atoms in total. The number of hydrazone groups is 1. The fraction of sp³-hybridized carbons (Fsp3) is 0.0769. The maximum Gasteiger partial charge on any atom is 0.178 e. The molecule has 0 aliphatic heterocycles. The van der Waals surface area contributed by atoms with Gasteiger partial charge in [-0.1, -0.05) is 0 Å². The number of rotatable bonds is 3. The average molecular weight is 268 g/mol. The minimum Gasteiger partial charge on any atom is -0.508 e. The van der Waals surface area contributed by atoms with Crippen LogP contribution in [0, 0.1) is 6.92 Å². The van der Waals surface area contributed by atoms with Gasteiger partial charge in [0.05, 0.1) is 6.21 Å². The Kier molecular flexibility index (Phi) is 3.00. The van der Waals surface area contributed by atoms with Gasteiger partial charge >= 0.3 is 0 Å². The van der Waals surface area contributed by atoms with E-state index in [-0.39, 0.29) is 5.75 Å². The van der Waals surface area contributed by atoms with Gasteiger partial charge in [-0.15, -0.1) is 15.3 Å². The van der Waals surface area contributed by atoms with Crippen LogP contribution in [0.2, 0.25) is 0 Å². The summed E-state index contributed by atoms with van der Waals surface area (Å²) in [5.74, 6) is 1.53. The van der Waals surface area contributed by atoms with Crippen molar-refractivity contribution < 1.29 is 5.11 Å². The molecule has 2 aromatic heterocycles. The zero-order valence-corrected chi connectivity index (χ0v) is 10.7. The third kappa shape index (κ3) is 2.41. The van der Waals surface area contributed by atoms with Gasteiger partial charge in [0.25, 0.3) is 0 Å². The normalized spacial score (nSPS) is 11.2. The highest BCUT2D eigenvalue weighted by Gasteiger charge is 2.02. The van der Waals surface area contributed by atoms with Crippen molar-refractivity contribution in [3.63, 3.8) is 0 Å². The summed E-state index contributed by atoms with van der Waals surface area (Å²) in [6, 6.07) is 10.3. The van der Waals surface area contributed by atoms with Crippen molar-refractivity contribution >= 4 is 17.7 Å². The lowest BCUT2D eigenvalue weighted by molar-refractivity contribution is 0.475. The van der Waals surface area contributed by atoms with Crippen LogP contribution in [0.4, 0.5) is 5.82 Å². The van der Waals surface area contributed by atoms with Gasteiger partial charge in [0.2, 0.25) is 0 Å². The van der Waals surface area contributed by atoms with Crippen LogP contribution in [-0.2, 0) is 0 Å². The maximum absolute atomic E-state index is 9.18. The first kappa shape index (κ1) is 12.1. The zero-order valence-electron chi connectivity index (χ0n) is 10.7. The van der Waals surface area contributed by atoms with Gasteiger partial charge in [-0.05, 0) is 48.9 Å². The second kappa shape index (κ2) is 4.96. The summed E-state index contributed by atoms with van der Waals surface area (Å²) in [7, 11) is 0. The molecule has 2 heterocycles. The van der Waals surface area contributed by atoms with Gasteiger partial charge < -0.3 is 5.11 Å². The molecule has 0 saturated heterocycles. The number of benzene rings is 1. The molecule has 0 spiro atoms. The Morgan fingerprint density at radius 3 is 2.75 bits per heavy atom. The summed E-state index contributed by atoms with van der Waals surface area (Å²) in [5, 5.41) is 25.5. The minimum absolute atomic E-state index is 0.227. The van der Waals surface area contributed by atoms with E-state index in [1.807, 2.05) is 13.0 Å². The van der Waals surface area contributed by atoms with Crippen molar-refractivity contribution in [3.8, 4) is 5.75 Å². The van der Waals surface area contributed by atoms with Gasteiger partial charge in [0.1, 0.15) is 5.75 Å². The van der Waals surface area contributed by atoms with Crippen LogP contribution in [0.3, 0.4) is 0 Å². The van der Waals surface area contributed by atoms with Crippen LogP contribution in [0.25, 0.3) is 5.65 Å². The van der Waals surface area contributed by atoms with Gasteiger partial charge in [0.15, 0.2) is 17.3 Å². The molecule has 20 heavy (non-hydrogen) atoms. The standard InChI is InChI=1S/C13H12N6O/c1-9-15-17-13-7-6-12(18-19(9)13)16-14-8-10-2-4-11(20)5-3-10/h2-8,20H,1H3,(H,16,18)/b14-8-. The van der Waals surface area contributed by atoms with Crippen molar-refractivity contribution in [3.05, 3.63) is 47.8 Å². The van der Waals surface area contributed by atoms with E-state index in [0.29, 0.717) is 17.3 Å². The van der Waals surface area contributed by atoms with Crippen LogP contribution < -0.4 is 5.43 Å². The molecule has 0 amide bonds. The number of nitrogens with one attached hydrogen (secondary N) is 1. The Labute approximate surface area is 114 Å². The van der Waals surface area contributed by atoms with E-state index in [0.717, 1.165) is 5.56 Å². The molecule has 1 aromatic carbocycles. The predicted octanol–water partition coefficient (Wildman–Crippen LogP) is 1.58. The Morgan fingerprint density at radius 1 is 1.15 bits per heavy atom. The first-order chi connectivity index (χ1) is 9.72. The lowest BCUT2D eigenvalue weighted by Gasteiger charge is -2.00. The SMILES string of the molecule is Cc1nnc2ccc(N/N=C\c3ccc(O)cc3)nn12. The Bertz CT molecular complexity index is 762. The highest BCUT2D eigenvalue weighted by molar-refractivity contribution is 5.80. The highest BCUT2D eigenvalue weighted by atomic mass is 16.3. The van der Waals surface area contributed by atoms with Crippen LogP contribution >= 0.6 is 0 Å². The quantitative estimate of drug-likeness (QED) is 0.556. The van der Waals surface area contributed by atoms with E-state index in [4.69, 9.17) is 0 Å². The first-order valence-electron chi connectivity index (χ1n) is 5.99. The number of fused-ring (bicyclic) bond motifs is 1. The molecule has 0 aliphatic rings. The Morgan fingerprint density at radius 2 is 1.95 bits per heavy atom. The van der Waals surface area contributed by atoms with Gasteiger partial charge in [-0.3, -0.25) is 5.43 Å². The molecular weight excluding hydrogens is 256 g/mol. The van der Waals surface area contributed by atoms with E-state index < -0.39 is 0 Å². The third-order valence-electron chi connectivity index (χ3n) is 2.70. The lowest BCUT2D eigenvalue weighted by Crippen LogP contribution is -2.00. The van der Waals surface area contributed by atoms with Gasteiger partial charge in [0, 0.05) is 0 Å². The zero-order chi connectivity index (χ0) is 13.9. The smallest absolute Gasteiger partial charge is 0.178 e. The first-order valence-corrected chi connectivity index (χ1v) is 5.99. The molecule has 0 aliphatic carbocycles. The van der Waals surface area contributed by atoms with E-state index in [1.165, 1.54) is 0 Å². The summed E-state index contributed by atoms with van der Waals surface area (Å²) in [6.07, 6.45) is 1.64. The molecule has 2 N–H and O–H groups in total. The minimum atomic E-state index is 0.227. The Hall–Kier alpha value is -2.96. The van der Waals surface area contributed by atoms with Crippen molar-refractivity contribution in [1.82, 2.24) is 19.8 Å². The van der Waals surface area contributed by atoms with Crippen LogP contribution in [-0.4, -0.2) is 31.1 Å². The molecule has 3 aromatic rings. The number of phenolic OH excluding ortho intramolecular Hbond substituents is 1. The predicted molar refractivity (Wildman–Crippen MR) is 74.8 cm³/mol. The molecule has 0 bridgehead atoms. The number of hydrogen-bond donors (Lipinski definition) is 2. The molecule has 100 valence electrons. The van der Waals surface area contributed by atoms with E-state index in [9.17, 15) is 5.11 Å². The van der Waals surface area contributed by atoms with Gasteiger partial charge in [-0.2, -0.15) is 9.62 Å². The second-order valence-electron chi connectivity index (χ2n) is 4.20. The average Bonchev–Trinajstić information content (AvgIpc) is 2.83. The largest absolute Gasteiger partial charge is 0.508 e. The van der Waals surface area contributed by atoms with E-state index in [2.05, 4.69) is 25.8 Å². The van der Waals surface area contributed by atoms with Crippen LogP contribution in [0.1, 0.15) is 11.4 Å². The summed E-state index contributed by atoms with van der Waals surface area (Å²) in [5.41, 5.74) is 4.40. The third-order valence-corrected chi connectivity index (χ3v) is 2.70. The molecule has 7 heteroatoms. The summed E-state index contributed by atoms with van der Waals surface area (Å²) >= 11 is 0. The van der Waals surface area contributed by atoms with Gasteiger partial charge in [-0.25, -0.2) is 0 Å². The maximum atomic E-state index is 9.18. The van der Waals surface area contributed by atoms with E-state index in [1.54, 1.807) is 41.1 Å². The molecule has 0 radical (unpaired) electrons. The number of aromatic hydroxyl groups is 1. The fourth-order valence-electron chi connectivity index (χ4n) is 1.69. The summed E-state index contributed by atoms with van der Waals surface area (Å²) < 4.78 is 1.64. The number of nitrogens with zero attached hydrogens (tertiary/aromatic N) is 5. The lowest BCUT2D eigenvalue weighted by atomic mass is 10.2. The molecule has 0 atom stereocenters. The monoisotopic (exact) mass is 268 g/mol. The molecule has 0 saturated carbocycles. The summed E-state index contributed by atoms with van der Waals surface area (Å²) in [6.45, 7) is 1.83. The summed E-state index contributed by atoms with van der Waals surface area (Å²) in [4.78, 5) is 0. The molecule has 3 rings (SSSR count). The second-order valence-corrected chi connectivity index (χ2v) is 4.20. The number of aryl methyl sites for hydroxylation is 1. The molecule has 0 fully saturated rings. The number of phenols is 1. The molecule has 0 unspecified atom stereocenters. The van der Waals surface area contributed by atoms with Crippen molar-refractivity contribution in [2.75, 3.05) is 5.43 Å². The van der Waals surface area contributed by atoms with E-state index >= 15 is 0 Å². The van der Waals surface area contributed by atoms with Crippen LogP contribution in [0.15, 0.2) is 41.5 Å². The highest BCUT2D eigenvalue weighted by Crippen LogP contribution is 2.09. The number of anilines is 1. The molecular formula is C13H12N6O. The van der Waals surface area contributed by atoms with Crippen molar-refractivity contribution in [2.45, 2.75) is 6.92 Å².